The van der Waals surface area contributed by atoms with Crippen molar-refractivity contribution in [2.24, 2.45) is 0 Å². The van der Waals surface area contributed by atoms with Crippen molar-refractivity contribution in [1.82, 2.24) is 14.9 Å². The molecule has 2 heterocycles. The molecule has 1 N–H and O–H groups in total. The molecule has 0 saturated heterocycles. The summed E-state index contributed by atoms with van der Waals surface area (Å²) in [4.78, 5) is 24.4. The number of hydrogen-bond acceptors (Lipinski definition) is 4. The van der Waals surface area contributed by atoms with Gasteiger partial charge in [-0.15, -0.1) is 0 Å². The van der Waals surface area contributed by atoms with Crippen molar-refractivity contribution in [3.05, 3.63) is 102 Å². The number of carbonyl (C=O) groups excluding carboxylic acids is 1. The standard InChI is InChI=1S/C23H18N4O/c28-23-17-10-4-5-11-18(17)26-22(27(23)15-16-8-2-1-3-9-16)21-14-24-19-12-6-7-13-20(19)25-21/h1-14,22,26H,15H2/t22-/m1/s1. The molecule has 1 atom stereocenters. The first-order valence-corrected chi connectivity index (χ1v) is 9.22. The van der Waals surface area contributed by atoms with E-state index in [1.54, 1.807) is 6.20 Å². The number of aromatic nitrogens is 2. The quantitative estimate of drug-likeness (QED) is 0.584. The second kappa shape index (κ2) is 6.78. The molecule has 1 amide bonds. The Bertz CT molecular complexity index is 1160. The Hall–Kier alpha value is -3.73. The van der Waals surface area contributed by atoms with Crippen molar-refractivity contribution in [2.45, 2.75) is 12.7 Å². The number of anilines is 1. The summed E-state index contributed by atoms with van der Waals surface area (Å²) in [5, 5.41) is 3.48. The Morgan fingerprint density at radius 3 is 2.43 bits per heavy atom. The zero-order valence-electron chi connectivity index (χ0n) is 15.1. The lowest BCUT2D eigenvalue weighted by Gasteiger charge is -2.37. The molecule has 1 aromatic heterocycles. The van der Waals surface area contributed by atoms with Crippen molar-refractivity contribution >= 4 is 22.6 Å². The van der Waals surface area contributed by atoms with Gasteiger partial charge < -0.3 is 10.2 Å². The van der Waals surface area contributed by atoms with Crippen LogP contribution in [0.5, 0.6) is 0 Å². The van der Waals surface area contributed by atoms with Gasteiger partial charge in [0.1, 0.15) is 11.9 Å². The fourth-order valence-corrected chi connectivity index (χ4v) is 3.57. The maximum absolute atomic E-state index is 13.3. The van der Waals surface area contributed by atoms with Crippen molar-refractivity contribution < 1.29 is 4.79 Å². The number of nitrogens with one attached hydrogen (secondary N) is 1. The summed E-state index contributed by atoms with van der Waals surface area (Å²) in [5.41, 5.74) is 4.92. The van der Waals surface area contributed by atoms with Gasteiger partial charge in [-0.3, -0.25) is 9.78 Å². The van der Waals surface area contributed by atoms with Gasteiger partial charge in [-0.05, 0) is 29.8 Å². The topological polar surface area (TPSA) is 58.1 Å². The lowest BCUT2D eigenvalue weighted by Crippen LogP contribution is -2.42. The van der Waals surface area contributed by atoms with Crippen LogP contribution in [0.25, 0.3) is 11.0 Å². The molecule has 1 aliphatic rings. The zero-order chi connectivity index (χ0) is 18.9. The van der Waals surface area contributed by atoms with E-state index in [0.717, 1.165) is 28.0 Å². The van der Waals surface area contributed by atoms with E-state index in [9.17, 15) is 4.79 Å². The molecule has 0 unspecified atom stereocenters. The van der Waals surface area contributed by atoms with Crippen LogP contribution in [-0.4, -0.2) is 20.8 Å². The molecule has 0 bridgehead atoms. The van der Waals surface area contributed by atoms with Crippen LogP contribution < -0.4 is 5.32 Å². The van der Waals surface area contributed by atoms with E-state index in [0.29, 0.717) is 12.1 Å². The highest BCUT2D eigenvalue weighted by atomic mass is 16.2. The number of hydrogen-bond donors (Lipinski definition) is 1. The predicted molar refractivity (Wildman–Crippen MR) is 109 cm³/mol. The van der Waals surface area contributed by atoms with Crippen LogP contribution in [0.2, 0.25) is 0 Å². The van der Waals surface area contributed by atoms with Gasteiger partial charge in [-0.2, -0.15) is 0 Å². The number of carbonyl (C=O) groups is 1. The van der Waals surface area contributed by atoms with Gasteiger partial charge in [-0.25, -0.2) is 4.98 Å². The maximum atomic E-state index is 13.3. The van der Waals surface area contributed by atoms with Gasteiger partial charge in [0.25, 0.3) is 5.91 Å². The van der Waals surface area contributed by atoms with Crippen LogP contribution in [0, 0.1) is 0 Å². The van der Waals surface area contributed by atoms with Crippen molar-refractivity contribution in [1.29, 1.82) is 0 Å². The van der Waals surface area contributed by atoms with E-state index in [-0.39, 0.29) is 12.1 Å². The summed E-state index contributed by atoms with van der Waals surface area (Å²) in [6.45, 7) is 0.486. The molecule has 0 radical (unpaired) electrons. The predicted octanol–water partition coefficient (Wildman–Crippen LogP) is 4.40. The summed E-state index contributed by atoms with van der Waals surface area (Å²) in [5.74, 6) is -0.0156. The minimum Gasteiger partial charge on any atom is -0.359 e. The van der Waals surface area contributed by atoms with Crippen molar-refractivity contribution in [3.63, 3.8) is 0 Å². The van der Waals surface area contributed by atoms with Gasteiger partial charge in [-0.1, -0.05) is 54.6 Å². The van der Waals surface area contributed by atoms with Crippen LogP contribution >= 0.6 is 0 Å². The molecule has 1 aliphatic heterocycles. The van der Waals surface area contributed by atoms with Crippen molar-refractivity contribution in [2.75, 3.05) is 5.32 Å². The molecule has 0 fully saturated rings. The fourth-order valence-electron chi connectivity index (χ4n) is 3.57. The van der Waals surface area contributed by atoms with E-state index >= 15 is 0 Å². The van der Waals surface area contributed by atoms with E-state index < -0.39 is 0 Å². The van der Waals surface area contributed by atoms with Gasteiger partial charge in [0.15, 0.2) is 0 Å². The normalized spacial score (nSPS) is 15.9. The van der Waals surface area contributed by atoms with E-state index in [1.807, 2.05) is 83.8 Å². The molecule has 5 rings (SSSR count). The first kappa shape index (κ1) is 16.4. The molecule has 0 saturated carbocycles. The highest BCUT2D eigenvalue weighted by molar-refractivity contribution is 6.01. The molecular weight excluding hydrogens is 348 g/mol. The molecule has 5 nitrogen and oxygen atoms in total. The lowest BCUT2D eigenvalue weighted by atomic mass is 10.0. The molecule has 28 heavy (non-hydrogen) atoms. The first-order valence-electron chi connectivity index (χ1n) is 9.22. The SMILES string of the molecule is O=C1c2ccccc2N[C@@H](c2cnc3ccccc3n2)N1Cc1ccccc1. The molecule has 4 aromatic rings. The van der Waals surface area contributed by atoms with E-state index in [1.165, 1.54) is 0 Å². The number of benzene rings is 3. The third-order valence-electron chi connectivity index (χ3n) is 4.97. The highest BCUT2D eigenvalue weighted by Gasteiger charge is 2.33. The average Bonchev–Trinajstić information content (AvgIpc) is 2.76. The zero-order valence-corrected chi connectivity index (χ0v) is 15.1. The molecule has 136 valence electrons. The Morgan fingerprint density at radius 1 is 0.857 bits per heavy atom. The maximum Gasteiger partial charge on any atom is 0.258 e. The Morgan fingerprint density at radius 2 is 1.57 bits per heavy atom. The second-order valence-corrected chi connectivity index (χ2v) is 6.79. The molecule has 3 aromatic carbocycles. The summed E-state index contributed by atoms with van der Waals surface area (Å²) < 4.78 is 0. The van der Waals surface area contributed by atoms with Crippen LogP contribution in [0.4, 0.5) is 5.69 Å². The van der Waals surface area contributed by atoms with E-state index in [4.69, 9.17) is 4.98 Å². The number of fused-ring (bicyclic) bond motifs is 2. The summed E-state index contributed by atoms with van der Waals surface area (Å²) in [7, 11) is 0. The lowest BCUT2D eigenvalue weighted by molar-refractivity contribution is 0.0663. The average molecular weight is 366 g/mol. The molecule has 0 aliphatic carbocycles. The number of rotatable bonds is 3. The minimum atomic E-state index is -0.389. The second-order valence-electron chi connectivity index (χ2n) is 6.79. The Balaban J connectivity index is 1.60. The number of amides is 1. The first-order chi connectivity index (χ1) is 13.8. The van der Waals surface area contributed by atoms with Gasteiger partial charge >= 0.3 is 0 Å². The summed E-state index contributed by atoms with van der Waals surface area (Å²) >= 11 is 0. The van der Waals surface area contributed by atoms with Gasteiger partial charge in [0.05, 0.1) is 22.8 Å². The molecular formula is C23H18N4O. The molecule has 0 spiro atoms. The van der Waals surface area contributed by atoms with Crippen LogP contribution in [0.3, 0.4) is 0 Å². The number of nitrogens with zero attached hydrogens (tertiary/aromatic N) is 3. The smallest absolute Gasteiger partial charge is 0.258 e. The Labute approximate surface area is 162 Å². The van der Waals surface area contributed by atoms with Gasteiger partial charge in [0.2, 0.25) is 0 Å². The van der Waals surface area contributed by atoms with Crippen LogP contribution in [0.15, 0.2) is 85.1 Å². The highest BCUT2D eigenvalue weighted by Crippen LogP contribution is 2.33. The van der Waals surface area contributed by atoms with Crippen LogP contribution in [-0.2, 0) is 6.54 Å². The fraction of sp³-hybridized carbons (Fsp3) is 0.0870. The summed E-state index contributed by atoms with van der Waals surface area (Å²) in [6.07, 6.45) is 1.36. The van der Waals surface area contributed by atoms with Crippen molar-refractivity contribution in [3.8, 4) is 0 Å². The third-order valence-corrected chi connectivity index (χ3v) is 4.97. The Kier molecular flexibility index (Phi) is 3.98. The minimum absolute atomic E-state index is 0.0156. The molecule has 5 heteroatoms. The monoisotopic (exact) mass is 366 g/mol. The number of para-hydroxylation sites is 3. The largest absolute Gasteiger partial charge is 0.359 e. The van der Waals surface area contributed by atoms with E-state index in [2.05, 4.69) is 10.3 Å². The summed E-state index contributed by atoms with van der Waals surface area (Å²) in [6, 6.07) is 25.3. The third kappa shape index (κ3) is 2.87. The van der Waals surface area contributed by atoms with Crippen LogP contribution in [0.1, 0.15) is 27.8 Å². The van der Waals surface area contributed by atoms with Gasteiger partial charge in [0, 0.05) is 12.2 Å².